The zero-order chi connectivity index (χ0) is 24.2. The lowest BCUT2D eigenvalue weighted by molar-refractivity contribution is -0.0478. The molecular formula is C29H30F2N2O2. The molecule has 3 aromatic carbocycles. The second-order valence-electron chi connectivity index (χ2n) is 9.46. The molecule has 0 aromatic heterocycles. The van der Waals surface area contributed by atoms with Crippen LogP contribution in [0, 0.1) is 11.6 Å². The molecule has 1 N–H and O–H groups in total. The summed E-state index contributed by atoms with van der Waals surface area (Å²) in [6.45, 7) is 1.43. The van der Waals surface area contributed by atoms with Crippen molar-refractivity contribution in [3.63, 3.8) is 0 Å². The zero-order valence-corrected chi connectivity index (χ0v) is 19.6. The smallest absolute Gasteiger partial charge is 0.251 e. The van der Waals surface area contributed by atoms with Crippen molar-refractivity contribution < 1.29 is 18.3 Å². The number of halogens is 2. The van der Waals surface area contributed by atoms with Crippen molar-refractivity contribution >= 4 is 5.91 Å². The van der Waals surface area contributed by atoms with Gasteiger partial charge in [-0.05, 0) is 73.2 Å². The second kappa shape index (κ2) is 10.7. The third kappa shape index (κ3) is 5.60. The standard InChI is InChI=1S/C29H30F2N2O2/c30-23-10-6-20(7-11-23)28(21-8-12-24(31)13-9-21)35-27-18-25-14-15-26(19-27)33(25)17-16-32-29(34)22-4-2-1-3-5-22/h1-13,25-28H,14-19H2,(H,32,34)/t25-,26+,27?. The number of benzene rings is 3. The molecular weight excluding hydrogens is 446 g/mol. The molecule has 2 heterocycles. The lowest BCUT2D eigenvalue weighted by Crippen LogP contribution is -2.48. The predicted molar refractivity (Wildman–Crippen MR) is 131 cm³/mol. The molecule has 1 amide bonds. The number of fused-ring (bicyclic) bond motifs is 2. The Morgan fingerprint density at radius 2 is 1.40 bits per heavy atom. The van der Waals surface area contributed by atoms with Crippen LogP contribution >= 0.6 is 0 Å². The first-order valence-corrected chi connectivity index (χ1v) is 12.3. The van der Waals surface area contributed by atoms with Gasteiger partial charge in [0.25, 0.3) is 5.91 Å². The summed E-state index contributed by atoms with van der Waals surface area (Å²) in [6.07, 6.45) is 3.73. The van der Waals surface area contributed by atoms with Crippen LogP contribution in [0.4, 0.5) is 8.78 Å². The topological polar surface area (TPSA) is 41.6 Å². The molecule has 0 spiro atoms. The summed E-state index contributed by atoms with van der Waals surface area (Å²) in [6, 6.07) is 22.8. The number of hydrogen-bond acceptors (Lipinski definition) is 3. The van der Waals surface area contributed by atoms with E-state index in [1.165, 1.54) is 24.3 Å². The maximum Gasteiger partial charge on any atom is 0.251 e. The molecule has 4 nitrogen and oxygen atoms in total. The van der Waals surface area contributed by atoms with Crippen LogP contribution in [-0.2, 0) is 4.74 Å². The van der Waals surface area contributed by atoms with Crippen molar-refractivity contribution in [3.8, 4) is 0 Å². The largest absolute Gasteiger partial charge is 0.365 e. The van der Waals surface area contributed by atoms with E-state index in [1.807, 2.05) is 30.3 Å². The molecule has 2 aliphatic heterocycles. The Kier molecular flexibility index (Phi) is 7.21. The lowest BCUT2D eigenvalue weighted by Gasteiger charge is -2.40. The van der Waals surface area contributed by atoms with Gasteiger partial charge in [0.15, 0.2) is 0 Å². The molecule has 2 aliphatic rings. The first-order chi connectivity index (χ1) is 17.1. The van der Waals surface area contributed by atoms with Gasteiger partial charge in [-0.25, -0.2) is 8.78 Å². The normalized spacial score (nSPS) is 21.9. The lowest BCUT2D eigenvalue weighted by atomic mass is 9.97. The van der Waals surface area contributed by atoms with E-state index in [0.717, 1.165) is 43.4 Å². The predicted octanol–water partition coefficient (Wildman–Crippen LogP) is 5.50. The van der Waals surface area contributed by atoms with Gasteiger partial charge in [-0.2, -0.15) is 0 Å². The summed E-state index contributed by atoms with van der Waals surface area (Å²) < 4.78 is 33.7. The number of rotatable bonds is 8. The number of carbonyl (C=O) groups excluding carboxylic acids is 1. The van der Waals surface area contributed by atoms with E-state index >= 15 is 0 Å². The van der Waals surface area contributed by atoms with Crippen LogP contribution in [0.1, 0.15) is 53.3 Å². The molecule has 0 saturated carbocycles. The number of ether oxygens (including phenoxy) is 1. The number of piperidine rings is 1. The van der Waals surface area contributed by atoms with Crippen LogP contribution in [-0.4, -0.2) is 42.1 Å². The van der Waals surface area contributed by atoms with E-state index in [1.54, 1.807) is 24.3 Å². The van der Waals surface area contributed by atoms with Crippen molar-refractivity contribution in [2.24, 2.45) is 0 Å². The van der Waals surface area contributed by atoms with E-state index in [4.69, 9.17) is 4.74 Å². The van der Waals surface area contributed by atoms with Crippen molar-refractivity contribution in [1.29, 1.82) is 0 Å². The Morgan fingerprint density at radius 1 is 0.857 bits per heavy atom. The Labute approximate surface area is 204 Å². The van der Waals surface area contributed by atoms with Crippen LogP contribution in [0.3, 0.4) is 0 Å². The summed E-state index contributed by atoms with van der Waals surface area (Å²) >= 11 is 0. The number of carbonyl (C=O) groups is 1. The monoisotopic (exact) mass is 476 g/mol. The van der Waals surface area contributed by atoms with Crippen molar-refractivity contribution in [3.05, 3.63) is 107 Å². The quantitative estimate of drug-likeness (QED) is 0.467. The fourth-order valence-corrected chi connectivity index (χ4v) is 5.51. The van der Waals surface area contributed by atoms with E-state index in [2.05, 4.69) is 10.2 Å². The highest BCUT2D eigenvalue weighted by Crippen LogP contribution is 2.39. The molecule has 182 valence electrons. The second-order valence-corrected chi connectivity index (χ2v) is 9.46. The van der Waals surface area contributed by atoms with Gasteiger partial charge in [0.1, 0.15) is 17.7 Å². The highest BCUT2D eigenvalue weighted by molar-refractivity contribution is 5.94. The molecule has 0 radical (unpaired) electrons. The summed E-state index contributed by atoms with van der Waals surface area (Å²) in [5.41, 5.74) is 2.39. The van der Waals surface area contributed by atoms with Gasteiger partial charge in [-0.1, -0.05) is 42.5 Å². The van der Waals surface area contributed by atoms with E-state index in [0.29, 0.717) is 24.2 Å². The Hall–Kier alpha value is -3.09. The number of amides is 1. The molecule has 2 bridgehead atoms. The third-order valence-corrected chi connectivity index (χ3v) is 7.21. The molecule has 2 fully saturated rings. The molecule has 1 unspecified atom stereocenters. The number of hydrogen-bond donors (Lipinski definition) is 1. The molecule has 6 heteroatoms. The molecule has 3 aromatic rings. The minimum absolute atomic E-state index is 0.0439. The Balaban J connectivity index is 1.21. The Morgan fingerprint density at radius 3 is 1.94 bits per heavy atom. The van der Waals surface area contributed by atoms with Gasteiger partial charge in [-0.15, -0.1) is 0 Å². The molecule has 3 atom stereocenters. The highest BCUT2D eigenvalue weighted by Gasteiger charge is 2.41. The van der Waals surface area contributed by atoms with Gasteiger partial charge in [0.2, 0.25) is 0 Å². The fourth-order valence-electron chi connectivity index (χ4n) is 5.51. The van der Waals surface area contributed by atoms with Crippen LogP contribution in [0.2, 0.25) is 0 Å². The van der Waals surface area contributed by atoms with Crippen LogP contribution < -0.4 is 5.32 Å². The van der Waals surface area contributed by atoms with E-state index in [9.17, 15) is 13.6 Å². The van der Waals surface area contributed by atoms with Crippen molar-refractivity contribution in [1.82, 2.24) is 10.2 Å². The van der Waals surface area contributed by atoms with Gasteiger partial charge in [0.05, 0.1) is 6.10 Å². The molecule has 0 aliphatic carbocycles. The SMILES string of the molecule is O=C(NCCN1[C@@H]2CC[C@H]1CC(OC(c1ccc(F)cc1)c1ccc(F)cc1)C2)c1ccccc1. The molecule has 2 saturated heterocycles. The summed E-state index contributed by atoms with van der Waals surface area (Å²) in [5.74, 6) is -0.632. The van der Waals surface area contributed by atoms with Crippen LogP contribution in [0.5, 0.6) is 0 Å². The number of nitrogens with zero attached hydrogens (tertiary/aromatic N) is 1. The van der Waals surface area contributed by atoms with Gasteiger partial charge < -0.3 is 10.1 Å². The van der Waals surface area contributed by atoms with Gasteiger partial charge >= 0.3 is 0 Å². The summed E-state index contributed by atoms with van der Waals surface area (Å²) in [5, 5.41) is 3.04. The van der Waals surface area contributed by atoms with Crippen LogP contribution in [0.25, 0.3) is 0 Å². The van der Waals surface area contributed by atoms with Gasteiger partial charge in [0, 0.05) is 30.7 Å². The zero-order valence-electron chi connectivity index (χ0n) is 19.6. The van der Waals surface area contributed by atoms with Gasteiger partial charge in [-0.3, -0.25) is 9.69 Å². The first kappa shape index (κ1) is 23.6. The van der Waals surface area contributed by atoms with Crippen LogP contribution in [0.15, 0.2) is 78.9 Å². The molecule has 5 rings (SSSR count). The highest BCUT2D eigenvalue weighted by atomic mass is 19.1. The minimum atomic E-state index is -0.377. The number of nitrogens with one attached hydrogen (secondary N) is 1. The maximum absolute atomic E-state index is 13.5. The first-order valence-electron chi connectivity index (χ1n) is 12.3. The van der Waals surface area contributed by atoms with Crippen molar-refractivity contribution in [2.75, 3.05) is 13.1 Å². The van der Waals surface area contributed by atoms with E-state index in [-0.39, 0.29) is 29.7 Å². The fraction of sp³-hybridized carbons (Fsp3) is 0.345. The third-order valence-electron chi connectivity index (χ3n) is 7.21. The molecule has 35 heavy (non-hydrogen) atoms. The van der Waals surface area contributed by atoms with E-state index < -0.39 is 0 Å². The summed E-state index contributed by atoms with van der Waals surface area (Å²) in [7, 11) is 0. The average molecular weight is 477 g/mol. The Bertz CT molecular complexity index is 1060. The maximum atomic E-state index is 13.5. The summed E-state index contributed by atoms with van der Waals surface area (Å²) in [4.78, 5) is 14.9. The minimum Gasteiger partial charge on any atom is -0.365 e. The average Bonchev–Trinajstić information content (AvgIpc) is 3.11. The van der Waals surface area contributed by atoms with Crippen molar-refractivity contribution in [2.45, 2.75) is 50.0 Å².